The second-order valence-electron chi connectivity index (χ2n) is 6.46. The summed E-state index contributed by atoms with van der Waals surface area (Å²) in [5.41, 5.74) is 2.19. The Labute approximate surface area is 171 Å². The monoisotopic (exact) mass is 410 g/mol. The molecule has 1 amide bonds. The topological polar surface area (TPSA) is 68.5 Å². The summed E-state index contributed by atoms with van der Waals surface area (Å²) in [6, 6.07) is 13.9. The van der Waals surface area contributed by atoms with Crippen LogP contribution in [0.1, 0.15) is 11.3 Å². The molecule has 6 nitrogen and oxygen atoms in total. The number of carbonyl (C=O) groups excluding carboxylic acids is 1. The van der Waals surface area contributed by atoms with Crippen LogP contribution >= 0.6 is 11.3 Å². The van der Waals surface area contributed by atoms with Gasteiger partial charge in [0.25, 0.3) is 0 Å². The van der Waals surface area contributed by atoms with Crippen molar-refractivity contribution in [1.29, 1.82) is 0 Å². The van der Waals surface area contributed by atoms with E-state index in [9.17, 15) is 9.18 Å². The second kappa shape index (κ2) is 8.40. The average Bonchev–Trinajstić information content (AvgIpc) is 3.30. The Kier molecular flexibility index (Phi) is 5.53. The number of hydrogen-bond acceptors (Lipinski definition) is 5. The number of aromatic nitrogens is 3. The summed E-state index contributed by atoms with van der Waals surface area (Å²) < 4.78 is 20.9. The lowest BCUT2D eigenvalue weighted by Gasteiger charge is -2.06. The molecule has 0 fully saturated rings. The van der Waals surface area contributed by atoms with Crippen LogP contribution in [0.3, 0.4) is 0 Å². The molecule has 0 radical (unpaired) electrons. The number of hydrogen-bond donors (Lipinski definition) is 1. The van der Waals surface area contributed by atoms with Gasteiger partial charge in [0.15, 0.2) is 5.82 Å². The van der Waals surface area contributed by atoms with E-state index in [4.69, 9.17) is 4.74 Å². The summed E-state index contributed by atoms with van der Waals surface area (Å²) in [5, 5.41) is 9.31. The van der Waals surface area contributed by atoms with Crippen molar-refractivity contribution in [3.8, 4) is 17.1 Å². The molecule has 0 aliphatic heterocycles. The van der Waals surface area contributed by atoms with Crippen LogP contribution in [-0.4, -0.2) is 34.2 Å². The van der Waals surface area contributed by atoms with Crippen LogP contribution in [0, 0.1) is 5.82 Å². The van der Waals surface area contributed by atoms with Crippen molar-refractivity contribution in [3.63, 3.8) is 0 Å². The number of rotatable bonds is 7. The van der Waals surface area contributed by atoms with E-state index in [1.807, 2.05) is 29.6 Å². The molecule has 0 atom stereocenters. The van der Waals surface area contributed by atoms with Crippen LogP contribution in [0.25, 0.3) is 16.3 Å². The third-order valence-electron chi connectivity index (χ3n) is 4.47. The van der Waals surface area contributed by atoms with Gasteiger partial charge in [-0.25, -0.2) is 8.91 Å². The van der Waals surface area contributed by atoms with Crippen molar-refractivity contribution in [3.05, 3.63) is 71.0 Å². The molecule has 0 unspecified atom stereocenters. The number of carbonyl (C=O) groups is 1. The summed E-state index contributed by atoms with van der Waals surface area (Å²) in [6.07, 6.45) is 0.890. The lowest BCUT2D eigenvalue weighted by Crippen LogP contribution is -2.27. The smallest absolute Gasteiger partial charge is 0.224 e. The number of benzene rings is 2. The van der Waals surface area contributed by atoms with Crippen LogP contribution < -0.4 is 10.1 Å². The van der Waals surface area contributed by atoms with Gasteiger partial charge in [0.05, 0.1) is 24.8 Å². The van der Waals surface area contributed by atoms with Crippen molar-refractivity contribution in [2.45, 2.75) is 12.8 Å². The first-order chi connectivity index (χ1) is 14.1. The SMILES string of the molecule is COc1cccc(CC(=O)NCCc2csc3nc(-c4ccccc4F)nn23)c1. The largest absolute Gasteiger partial charge is 0.497 e. The van der Waals surface area contributed by atoms with E-state index in [0.29, 0.717) is 29.3 Å². The minimum Gasteiger partial charge on any atom is -0.497 e. The normalized spacial score (nSPS) is 11.0. The maximum absolute atomic E-state index is 14.0. The van der Waals surface area contributed by atoms with E-state index in [1.54, 1.807) is 29.8 Å². The molecule has 1 N–H and O–H groups in total. The van der Waals surface area contributed by atoms with Crippen LogP contribution in [0.15, 0.2) is 53.9 Å². The van der Waals surface area contributed by atoms with Crippen molar-refractivity contribution in [2.24, 2.45) is 0 Å². The molecule has 0 saturated heterocycles. The van der Waals surface area contributed by atoms with Gasteiger partial charge in [0.1, 0.15) is 11.6 Å². The summed E-state index contributed by atoms with van der Waals surface area (Å²) in [7, 11) is 1.60. The lowest BCUT2D eigenvalue weighted by atomic mass is 10.1. The number of amides is 1. The predicted octanol–water partition coefficient (Wildman–Crippen LogP) is 3.51. The van der Waals surface area contributed by atoms with Gasteiger partial charge >= 0.3 is 0 Å². The number of fused-ring (bicyclic) bond motifs is 1. The van der Waals surface area contributed by atoms with Crippen molar-refractivity contribution >= 4 is 22.2 Å². The highest BCUT2D eigenvalue weighted by atomic mass is 32.1. The fourth-order valence-corrected chi connectivity index (χ4v) is 3.87. The molecule has 2 heterocycles. The first-order valence-corrected chi connectivity index (χ1v) is 9.99. The molecule has 0 aliphatic rings. The van der Waals surface area contributed by atoms with Gasteiger partial charge in [-0.1, -0.05) is 24.3 Å². The minimum atomic E-state index is -0.350. The Balaban J connectivity index is 1.38. The Hall–Kier alpha value is -3.26. The van der Waals surface area contributed by atoms with Gasteiger partial charge < -0.3 is 10.1 Å². The zero-order valence-electron chi connectivity index (χ0n) is 15.8. The van der Waals surface area contributed by atoms with Gasteiger partial charge in [0.2, 0.25) is 10.9 Å². The molecule has 4 rings (SSSR count). The number of nitrogens with zero attached hydrogens (tertiary/aromatic N) is 3. The van der Waals surface area contributed by atoms with Gasteiger partial charge in [-0.3, -0.25) is 4.79 Å². The van der Waals surface area contributed by atoms with E-state index >= 15 is 0 Å². The molecule has 8 heteroatoms. The molecule has 2 aromatic heterocycles. The van der Waals surface area contributed by atoms with Gasteiger partial charge in [0, 0.05) is 18.3 Å². The molecular formula is C21H19FN4O2S. The molecule has 29 heavy (non-hydrogen) atoms. The molecule has 2 aromatic carbocycles. The van der Waals surface area contributed by atoms with Crippen molar-refractivity contribution in [1.82, 2.24) is 19.9 Å². The molecule has 0 saturated carbocycles. The summed E-state index contributed by atoms with van der Waals surface area (Å²) in [4.78, 5) is 17.3. The van der Waals surface area contributed by atoms with Gasteiger partial charge in [-0.2, -0.15) is 4.98 Å². The maximum Gasteiger partial charge on any atom is 0.224 e. The van der Waals surface area contributed by atoms with E-state index in [-0.39, 0.29) is 18.1 Å². The number of methoxy groups -OCH3 is 1. The van der Waals surface area contributed by atoms with Gasteiger partial charge in [-0.05, 0) is 29.8 Å². The highest BCUT2D eigenvalue weighted by Gasteiger charge is 2.14. The number of ether oxygens (including phenoxy) is 1. The quantitative estimate of drug-likeness (QED) is 0.506. The van der Waals surface area contributed by atoms with Crippen molar-refractivity contribution in [2.75, 3.05) is 13.7 Å². The van der Waals surface area contributed by atoms with Crippen LogP contribution in [0.5, 0.6) is 5.75 Å². The second-order valence-corrected chi connectivity index (χ2v) is 7.30. The molecule has 148 valence electrons. The lowest BCUT2D eigenvalue weighted by molar-refractivity contribution is -0.120. The fourth-order valence-electron chi connectivity index (χ4n) is 3.01. The predicted molar refractivity (Wildman–Crippen MR) is 110 cm³/mol. The van der Waals surface area contributed by atoms with Crippen LogP contribution in [0.2, 0.25) is 0 Å². The highest BCUT2D eigenvalue weighted by molar-refractivity contribution is 7.15. The van der Waals surface area contributed by atoms with Crippen LogP contribution in [0.4, 0.5) is 4.39 Å². The molecular weight excluding hydrogens is 391 g/mol. The minimum absolute atomic E-state index is 0.0598. The first kappa shape index (κ1) is 19.1. The van der Waals surface area contributed by atoms with E-state index in [2.05, 4.69) is 15.4 Å². The Bertz CT molecular complexity index is 1150. The van der Waals surface area contributed by atoms with E-state index in [1.165, 1.54) is 17.4 Å². The standard InChI is InChI=1S/C21H19FN4O2S/c1-28-16-6-4-5-14(11-16)12-19(27)23-10-9-15-13-29-21-24-20(25-26(15)21)17-7-2-3-8-18(17)22/h2-8,11,13H,9-10,12H2,1H3,(H,23,27). The molecule has 0 aliphatic carbocycles. The Morgan fingerprint density at radius 2 is 2.10 bits per heavy atom. The maximum atomic E-state index is 14.0. The number of thiazole rings is 1. The molecule has 0 spiro atoms. The first-order valence-electron chi connectivity index (χ1n) is 9.11. The summed E-state index contributed by atoms with van der Waals surface area (Å²) >= 11 is 1.44. The van der Waals surface area contributed by atoms with E-state index in [0.717, 1.165) is 17.0 Å². The average molecular weight is 410 g/mol. The van der Waals surface area contributed by atoms with Gasteiger partial charge in [-0.15, -0.1) is 16.4 Å². The molecule has 0 bridgehead atoms. The zero-order valence-corrected chi connectivity index (χ0v) is 16.6. The third kappa shape index (κ3) is 4.27. The Morgan fingerprint density at radius 3 is 2.93 bits per heavy atom. The molecule has 4 aromatic rings. The zero-order chi connectivity index (χ0) is 20.2. The fraction of sp³-hybridized carbons (Fsp3) is 0.190. The van der Waals surface area contributed by atoms with E-state index < -0.39 is 0 Å². The summed E-state index contributed by atoms with van der Waals surface area (Å²) in [5.74, 6) is 0.679. The number of halogens is 1. The Morgan fingerprint density at radius 1 is 1.24 bits per heavy atom. The summed E-state index contributed by atoms with van der Waals surface area (Å²) in [6.45, 7) is 0.476. The third-order valence-corrected chi connectivity index (χ3v) is 5.33. The van der Waals surface area contributed by atoms with Crippen molar-refractivity contribution < 1.29 is 13.9 Å². The number of nitrogens with one attached hydrogen (secondary N) is 1. The van der Waals surface area contributed by atoms with Crippen LogP contribution in [-0.2, 0) is 17.6 Å². The highest BCUT2D eigenvalue weighted by Crippen LogP contribution is 2.23.